The molecule has 1 unspecified atom stereocenters. The lowest BCUT2D eigenvalue weighted by molar-refractivity contribution is -0.130. The number of thiophene rings is 1. The number of rotatable bonds is 3. The van der Waals surface area contributed by atoms with Crippen LogP contribution in [0.1, 0.15) is 55.2 Å². The van der Waals surface area contributed by atoms with Crippen LogP contribution in [0.15, 0.2) is 65.7 Å². The van der Waals surface area contributed by atoms with Crippen LogP contribution in [0.2, 0.25) is 0 Å². The van der Waals surface area contributed by atoms with Crippen molar-refractivity contribution in [2.24, 2.45) is 10.7 Å². The van der Waals surface area contributed by atoms with Gasteiger partial charge in [-0.15, -0.1) is 11.3 Å². The number of guanidine groups is 1. The summed E-state index contributed by atoms with van der Waals surface area (Å²) < 4.78 is 0. The van der Waals surface area contributed by atoms with E-state index in [9.17, 15) is 10.1 Å². The molecule has 0 spiro atoms. The van der Waals surface area contributed by atoms with Crippen LogP contribution in [0.3, 0.4) is 0 Å². The number of aliphatic imine (C=N–C) groups is 1. The van der Waals surface area contributed by atoms with Crippen molar-refractivity contribution in [2.75, 3.05) is 7.05 Å². The quantitative estimate of drug-likeness (QED) is 0.575. The fraction of sp³-hybridized carbons (Fsp3) is 0.296. The molecule has 2 N–H and O–H groups in total. The summed E-state index contributed by atoms with van der Waals surface area (Å²) in [5, 5.41) is 9.25. The van der Waals surface area contributed by atoms with Crippen LogP contribution < -0.4 is 5.73 Å². The highest BCUT2D eigenvalue weighted by Gasteiger charge is 2.48. The molecule has 1 aromatic heterocycles. The third kappa shape index (κ3) is 4.05. The van der Waals surface area contributed by atoms with E-state index in [1.807, 2.05) is 49.4 Å². The van der Waals surface area contributed by atoms with E-state index < -0.39 is 11.5 Å². The number of hydrogen-bond acceptors (Lipinski definition) is 5. The van der Waals surface area contributed by atoms with Gasteiger partial charge < -0.3 is 5.73 Å². The van der Waals surface area contributed by atoms with Crippen LogP contribution in [0.5, 0.6) is 0 Å². The fourth-order valence-electron chi connectivity index (χ4n) is 4.27. The molecule has 3 aromatic rings. The molecule has 2 heterocycles. The minimum atomic E-state index is -0.841. The summed E-state index contributed by atoms with van der Waals surface area (Å²) in [5.74, 6) is -0.359. The second kappa shape index (κ2) is 8.17. The van der Waals surface area contributed by atoms with Gasteiger partial charge in [0.05, 0.1) is 17.6 Å². The lowest BCUT2D eigenvalue weighted by atomic mass is 9.76. The van der Waals surface area contributed by atoms with Crippen LogP contribution in [-0.4, -0.2) is 23.8 Å². The van der Waals surface area contributed by atoms with E-state index in [4.69, 9.17) is 10.7 Å². The maximum absolute atomic E-state index is 13.5. The average molecular weight is 457 g/mol. The predicted molar refractivity (Wildman–Crippen MR) is 134 cm³/mol. The van der Waals surface area contributed by atoms with E-state index >= 15 is 0 Å². The van der Waals surface area contributed by atoms with Gasteiger partial charge >= 0.3 is 0 Å². The summed E-state index contributed by atoms with van der Waals surface area (Å²) in [6, 6.07) is 22.0. The fourth-order valence-corrected chi connectivity index (χ4v) is 5.40. The molecule has 0 saturated carbocycles. The van der Waals surface area contributed by atoms with Gasteiger partial charge in [-0.2, -0.15) is 5.26 Å². The third-order valence-corrected chi connectivity index (χ3v) is 7.68. The lowest BCUT2D eigenvalue weighted by Crippen LogP contribution is -2.52. The summed E-state index contributed by atoms with van der Waals surface area (Å²) >= 11 is 1.58. The summed E-state index contributed by atoms with van der Waals surface area (Å²) in [6.07, 6.45) is 0. The lowest BCUT2D eigenvalue weighted by Gasteiger charge is -2.40. The zero-order valence-electron chi connectivity index (χ0n) is 19.6. The number of likely N-dealkylation sites (N-methyl/N-ethyl adjacent to an activating group) is 1. The number of amides is 1. The van der Waals surface area contributed by atoms with Crippen molar-refractivity contribution in [1.82, 2.24) is 4.90 Å². The van der Waals surface area contributed by atoms with Gasteiger partial charge in [-0.25, -0.2) is 4.99 Å². The van der Waals surface area contributed by atoms with E-state index in [1.165, 1.54) is 10.5 Å². The summed E-state index contributed by atoms with van der Waals surface area (Å²) in [4.78, 5) is 21.8. The molecule has 0 fully saturated rings. The summed E-state index contributed by atoms with van der Waals surface area (Å²) in [5.41, 5.74) is 9.08. The molecule has 1 aliphatic rings. The molecule has 1 aliphatic heterocycles. The van der Waals surface area contributed by atoms with Crippen LogP contribution in [0.25, 0.3) is 10.4 Å². The van der Waals surface area contributed by atoms with E-state index in [0.29, 0.717) is 5.56 Å². The minimum absolute atomic E-state index is 0.0262. The van der Waals surface area contributed by atoms with Crippen molar-refractivity contribution in [1.29, 1.82) is 5.26 Å². The standard InChI is InChI=1S/C27H28N4OS/c1-26(2,3)20-11-9-18(10-12-20)23-24(32)31(5)25(29)30-27(23,4)22-14-13-21(33-22)19-8-6-7-17(15-19)16-28/h6-15,23H,1-5H3,(H2,29,30)/t23?,27-/m1/s1. The number of carbonyl (C=O) groups is 1. The molecule has 2 atom stereocenters. The Hall–Kier alpha value is -3.43. The van der Waals surface area contributed by atoms with E-state index in [0.717, 1.165) is 20.9 Å². The Morgan fingerprint density at radius 1 is 1.12 bits per heavy atom. The topological polar surface area (TPSA) is 82.5 Å². The molecule has 0 bridgehead atoms. The van der Waals surface area contributed by atoms with Crippen LogP contribution >= 0.6 is 11.3 Å². The van der Waals surface area contributed by atoms with E-state index in [2.05, 4.69) is 39.0 Å². The first-order valence-electron chi connectivity index (χ1n) is 10.9. The monoisotopic (exact) mass is 456 g/mol. The van der Waals surface area contributed by atoms with Gasteiger partial charge in [-0.3, -0.25) is 9.69 Å². The van der Waals surface area contributed by atoms with Crippen LogP contribution in [0.4, 0.5) is 0 Å². The highest BCUT2D eigenvalue weighted by Crippen LogP contribution is 2.47. The Balaban J connectivity index is 1.81. The molecule has 1 amide bonds. The Morgan fingerprint density at radius 2 is 1.82 bits per heavy atom. The highest BCUT2D eigenvalue weighted by atomic mass is 32.1. The molecular weight excluding hydrogens is 428 g/mol. The summed E-state index contributed by atoms with van der Waals surface area (Å²) in [7, 11) is 1.67. The van der Waals surface area contributed by atoms with Gasteiger partial charge in [0.1, 0.15) is 5.54 Å². The molecular formula is C27H28N4OS. The van der Waals surface area contributed by atoms with E-state index in [1.54, 1.807) is 24.5 Å². The zero-order chi connectivity index (χ0) is 24.0. The van der Waals surface area contributed by atoms with Crippen molar-refractivity contribution in [3.63, 3.8) is 0 Å². The number of carbonyl (C=O) groups excluding carboxylic acids is 1. The first-order chi connectivity index (χ1) is 15.5. The number of benzene rings is 2. The number of nitrogens with zero attached hydrogens (tertiary/aromatic N) is 3. The maximum Gasteiger partial charge on any atom is 0.239 e. The van der Waals surface area contributed by atoms with Crippen molar-refractivity contribution >= 4 is 23.2 Å². The average Bonchev–Trinajstić information content (AvgIpc) is 3.29. The first-order valence-corrected chi connectivity index (χ1v) is 11.7. The molecule has 0 aliphatic carbocycles. The van der Waals surface area contributed by atoms with Crippen LogP contribution in [0, 0.1) is 11.3 Å². The largest absolute Gasteiger partial charge is 0.369 e. The Labute approximate surface area is 199 Å². The molecule has 0 radical (unpaired) electrons. The number of nitrogens with two attached hydrogens (primary N) is 1. The first kappa shape index (κ1) is 22.8. The SMILES string of the molecule is CN1C(=O)C(c2ccc(C(C)(C)C)cc2)[C@@](C)(c2ccc(-c3cccc(C#N)c3)s2)N=C1N. The molecule has 168 valence electrons. The second-order valence-corrected chi connectivity index (χ2v) is 10.8. The molecule has 6 heteroatoms. The summed E-state index contributed by atoms with van der Waals surface area (Å²) in [6.45, 7) is 8.50. The number of hydrogen-bond donors (Lipinski definition) is 1. The Morgan fingerprint density at radius 3 is 2.45 bits per heavy atom. The van der Waals surface area contributed by atoms with E-state index in [-0.39, 0.29) is 17.3 Å². The highest BCUT2D eigenvalue weighted by molar-refractivity contribution is 7.15. The van der Waals surface area contributed by atoms with Gasteiger partial charge in [-0.1, -0.05) is 57.2 Å². The van der Waals surface area contributed by atoms with Gasteiger partial charge in [0.15, 0.2) is 5.96 Å². The van der Waals surface area contributed by atoms with Crippen LogP contribution in [-0.2, 0) is 15.7 Å². The van der Waals surface area contributed by atoms with Gasteiger partial charge in [0.2, 0.25) is 5.91 Å². The number of nitriles is 1. The Kier molecular flexibility index (Phi) is 5.63. The van der Waals surface area contributed by atoms with Crippen molar-refractivity contribution in [2.45, 2.75) is 44.6 Å². The van der Waals surface area contributed by atoms with Crippen molar-refractivity contribution in [3.05, 3.63) is 82.2 Å². The molecule has 2 aromatic carbocycles. The van der Waals surface area contributed by atoms with Crippen molar-refractivity contribution in [3.8, 4) is 16.5 Å². The van der Waals surface area contributed by atoms with Crippen molar-refractivity contribution < 1.29 is 4.79 Å². The Bertz CT molecular complexity index is 1280. The van der Waals surface area contributed by atoms with Gasteiger partial charge in [0.25, 0.3) is 0 Å². The van der Waals surface area contributed by atoms with Gasteiger partial charge in [-0.05, 0) is 53.3 Å². The minimum Gasteiger partial charge on any atom is -0.369 e. The van der Waals surface area contributed by atoms with Gasteiger partial charge in [0, 0.05) is 16.8 Å². The zero-order valence-corrected chi connectivity index (χ0v) is 20.4. The third-order valence-electron chi connectivity index (χ3n) is 6.32. The second-order valence-electron chi connectivity index (χ2n) is 9.68. The maximum atomic E-state index is 13.5. The normalized spacial score (nSPS) is 21.0. The molecule has 0 saturated heterocycles. The predicted octanol–water partition coefficient (Wildman–Crippen LogP) is 5.37. The molecule has 4 rings (SSSR count). The smallest absolute Gasteiger partial charge is 0.239 e. The molecule has 5 nitrogen and oxygen atoms in total. The molecule has 33 heavy (non-hydrogen) atoms.